The van der Waals surface area contributed by atoms with E-state index in [0.717, 1.165) is 5.92 Å². The summed E-state index contributed by atoms with van der Waals surface area (Å²) in [4.78, 5) is 2.78. The number of nitrogens with zero attached hydrogens (tertiary/aromatic N) is 1. The molecule has 0 bridgehead atoms. The van der Waals surface area contributed by atoms with E-state index in [-0.39, 0.29) is 0 Å². The quantitative estimate of drug-likeness (QED) is 0.0888. The van der Waals surface area contributed by atoms with Crippen LogP contribution in [0, 0.1) is 5.92 Å². The third kappa shape index (κ3) is 24.7. The molecule has 0 radical (unpaired) electrons. The first-order chi connectivity index (χ1) is 18.4. The average Bonchev–Trinajstić information content (AvgIpc) is 2.92. The van der Waals surface area contributed by atoms with Crippen LogP contribution in [0.2, 0.25) is 0 Å². The normalized spacial score (nSPS) is 15.1. The molecule has 1 heterocycles. The van der Waals surface area contributed by atoms with Crippen LogP contribution in [0.4, 0.5) is 0 Å². The molecule has 1 rings (SSSR count). The van der Waals surface area contributed by atoms with Gasteiger partial charge in [0.2, 0.25) is 0 Å². The number of rotatable bonds is 29. The standard InChI is InChI=1S/C36H73N/c1-3-5-7-9-11-13-15-16-17-18-19-21-23-25-27-29-33-37-34-31-36(32-35-37)30-28-26-24-22-20-14-12-10-8-6-4-2/h36H,3-35H2,1-2H3. The van der Waals surface area contributed by atoms with Crippen LogP contribution < -0.4 is 0 Å². The van der Waals surface area contributed by atoms with Gasteiger partial charge in [-0.05, 0) is 44.8 Å². The summed E-state index contributed by atoms with van der Waals surface area (Å²) in [6.07, 6.45) is 44.2. The van der Waals surface area contributed by atoms with Crippen molar-refractivity contribution in [2.24, 2.45) is 5.92 Å². The molecule has 1 nitrogen and oxygen atoms in total. The van der Waals surface area contributed by atoms with E-state index >= 15 is 0 Å². The van der Waals surface area contributed by atoms with E-state index in [4.69, 9.17) is 0 Å². The van der Waals surface area contributed by atoms with Crippen LogP contribution in [0.1, 0.15) is 206 Å². The van der Waals surface area contributed by atoms with Crippen molar-refractivity contribution in [3.63, 3.8) is 0 Å². The van der Waals surface area contributed by atoms with Crippen molar-refractivity contribution in [2.45, 2.75) is 206 Å². The van der Waals surface area contributed by atoms with E-state index in [1.165, 1.54) is 212 Å². The Kier molecular flexibility index (Phi) is 27.4. The van der Waals surface area contributed by atoms with E-state index in [9.17, 15) is 0 Å². The second-order valence-electron chi connectivity index (χ2n) is 12.9. The van der Waals surface area contributed by atoms with Crippen molar-refractivity contribution in [1.29, 1.82) is 0 Å². The maximum Gasteiger partial charge on any atom is -0.00161 e. The van der Waals surface area contributed by atoms with Gasteiger partial charge in [-0.25, -0.2) is 0 Å². The highest BCUT2D eigenvalue weighted by molar-refractivity contribution is 4.72. The highest BCUT2D eigenvalue weighted by Crippen LogP contribution is 2.24. The molecule has 1 aliphatic rings. The second-order valence-corrected chi connectivity index (χ2v) is 12.9. The fourth-order valence-electron chi connectivity index (χ4n) is 6.48. The summed E-state index contributed by atoms with van der Waals surface area (Å²) in [6.45, 7) is 8.78. The minimum absolute atomic E-state index is 1.04. The molecule has 0 aliphatic carbocycles. The van der Waals surface area contributed by atoms with E-state index in [1.807, 2.05) is 0 Å². The third-order valence-corrected chi connectivity index (χ3v) is 9.25. The molecular formula is C36H73N. The highest BCUT2D eigenvalue weighted by atomic mass is 15.1. The van der Waals surface area contributed by atoms with Gasteiger partial charge in [-0.15, -0.1) is 0 Å². The van der Waals surface area contributed by atoms with Gasteiger partial charge in [-0.1, -0.05) is 187 Å². The maximum atomic E-state index is 2.78. The Morgan fingerprint density at radius 3 is 1.03 bits per heavy atom. The van der Waals surface area contributed by atoms with Gasteiger partial charge < -0.3 is 4.90 Å². The van der Waals surface area contributed by atoms with E-state index < -0.39 is 0 Å². The first-order valence-electron chi connectivity index (χ1n) is 18.1. The van der Waals surface area contributed by atoms with Gasteiger partial charge in [0.1, 0.15) is 0 Å². The number of likely N-dealkylation sites (tertiary alicyclic amines) is 1. The van der Waals surface area contributed by atoms with E-state index in [1.54, 1.807) is 0 Å². The lowest BCUT2D eigenvalue weighted by Gasteiger charge is -2.32. The molecular weight excluding hydrogens is 446 g/mol. The Hall–Kier alpha value is -0.0400. The average molecular weight is 520 g/mol. The van der Waals surface area contributed by atoms with Crippen molar-refractivity contribution in [1.82, 2.24) is 4.90 Å². The van der Waals surface area contributed by atoms with Gasteiger partial charge in [0.15, 0.2) is 0 Å². The lowest BCUT2D eigenvalue weighted by Crippen LogP contribution is -2.34. The maximum absolute atomic E-state index is 2.78. The first kappa shape index (κ1) is 35.0. The molecule has 1 fully saturated rings. The topological polar surface area (TPSA) is 3.24 Å². The lowest BCUT2D eigenvalue weighted by atomic mass is 9.91. The third-order valence-electron chi connectivity index (χ3n) is 9.25. The molecule has 0 N–H and O–H groups in total. The predicted molar refractivity (Wildman–Crippen MR) is 170 cm³/mol. The Morgan fingerprint density at radius 1 is 0.378 bits per heavy atom. The van der Waals surface area contributed by atoms with E-state index in [2.05, 4.69) is 18.7 Å². The molecule has 0 unspecified atom stereocenters. The highest BCUT2D eigenvalue weighted by Gasteiger charge is 2.18. The second kappa shape index (κ2) is 29.0. The van der Waals surface area contributed by atoms with Gasteiger partial charge >= 0.3 is 0 Å². The molecule has 0 spiro atoms. The zero-order chi connectivity index (χ0) is 26.5. The molecule has 1 aliphatic heterocycles. The summed E-state index contributed by atoms with van der Waals surface area (Å²) in [5.74, 6) is 1.04. The molecule has 222 valence electrons. The van der Waals surface area contributed by atoms with Crippen LogP contribution in [0.5, 0.6) is 0 Å². The number of piperidine rings is 1. The van der Waals surface area contributed by atoms with Crippen molar-refractivity contribution >= 4 is 0 Å². The molecule has 37 heavy (non-hydrogen) atoms. The van der Waals surface area contributed by atoms with Crippen molar-refractivity contribution in [2.75, 3.05) is 19.6 Å². The zero-order valence-electron chi connectivity index (χ0n) is 26.4. The smallest absolute Gasteiger partial charge is 0.00161 e. The number of hydrogen-bond acceptors (Lipinski definition) is 1. The SMILES string of the molecule is CCCCCCCCCCCCCCCCCCN1CCC(CCCCCCCCCCCCC)CC1. The van der Waals surface area contributed by atoms with Crippen molar-refractivity contribution in [3.8, 4) is 0 Å². The van der Waals surface area contributed by atoms with Crippen molar-refractivity contribution < 1.29 is 0 Å². The van der Waals surface area contributed by atoms with Crippen molar-refractivity contribution in [3.05, 3.63) is 0 Å². The summed E-state index contributed by atoms with van der Waals surface area (Å²) in [5, 5.41) is 0. The predicted octanol–water partition coefficient (Wildman–Crippen LogP) is 12.7. The molecule has 1 heteroatoms. The molecule has 0 aromatic heterocycles. The van der Waals surface area contributed by atoms with Gasteiger partial charge in [0.25, 0.3) is 0 Å². The minimum Gasteiger partial charge on any atom is -0.303 e. The molecule has 1 saturated heterocycles. The van der Waals surface area contributed by atoms with Crippen LogP contribution in [0.25, 0.3) is 0 Å². The summed E-state index contributed by atoms with van der Waals surface area (Å²) < 4.78 is 0. The Labute approximate surface area is 236 Å². The van der Waals surface area contributed by atoms with Crippen LogP contribution in [0.15, 0.2) is 0 Å². The summed E-state index contributed by atoms with van der Waals surface area (Å²) in [6, 6.07) is 0. The summed E-state index contributed by atoms with van der Waals surface area (Å²) in [5.41, 5.74) is 0. The monoisotopic (exact) mass is 520 g/mol. The van der Waals surface area contributed by atoms with Crippen LogP contribution in [-0.4, -0.2) is 24.5 Å². The Bertz CT molecular complexity index is 411. The first-order valence-corrected chi connectivity index (χ1v) is 18.1. The molecule has 0 saturated carbocycles. The van der Waals surface area contributed by atoms with Gasteiger partial charge in [0.05, 0.1) is 0 Å². The van der Waals surface area contributed by atoms with Crippen LogP contribution >= 0.6 is 0 Å². The Balaban J connectivity index is 1.75. The number of unbranched alkanes of at least 4 members (excludes halogenated alkanes) is 25. The van der Waals surface area contributed by atoms with Gasteiger partial charge in [-0.3, -0.25) is 0 Å². The fourth-order valence-corrected chi connectivity index (χ4v) is 6.48. The van der Waals surface area contributed by atoms with Crippen LogP contribution in [0.3, 0.4) is 0 Å². The minimum atomic E-state index is 1.04. The molecule has 0 atom stereocenters. The van der Waals surface area contributed by atoms with Crippen LogP contribution in [-0.2, 0) is 0 Å². The summed E-state index contributed by atoms with van der Waals surface area (Å²) in [7, 11) is 0. The number of hydrogen-bond donors (Lipinski definition) is 0. The molecule has 0 aromatic carbocycles. The zero-order valence-corrected chi connectivity index (χ0v) is 26.4. The van der Waals surface area contributed by atoms with E-state index in [0.29, 0.717) is 0 Å². The largest absolute Gasteiger partial charge is 0.303 e. The summed E-state index contributed by atoms with van der Waals surface area (Å²) >= 11 is 0. The Morgan fingerprint density at radius 2 is 0.676 bits per heavy atom. The lowest BCUT2D eigenvalue weighted by molar-refractivity contribution is 0.174. The fraction of sp³-hybridized carbons (Fsp3) is 1.00. The molecule has 0 amide bonds. The molecule has 0 aromatic rings. The van der Waals surface area contributed by atoms with Gasteiger partial charge in [0, 0.05) is 0 Å². The van der Waals surface area contributed by atoms with Gasteiger partial charge in [-0.2, -0.15) is 0 Å².